The number of hydrogen-bond donors (Lipinski definition) is 0. The second-order valence-electron chi connectivity index (χ2n) is 6.63. The van der Waals surface area contributed by atoms with Gasteiger partial charge < -0.3 is 4.48 Å². The van der Waals surface area contributed by atoms with Gasteiger partial charge in [-0.2, -0.15) is 0 Å². The summed E-state index contributed by atoms with van der Waals surface area (Å²) in [5.74, 6) is 0. The Labute approximate surface area is 125 Å². The van der Waals surface area contributed by atoms with E-state index in [-0.39, 0.29) is 0 Å². The zero-order valence-electron chi connectivity index (χ0n) is 13.3. The molecule has 0 spiro atoms. The van der Waals surface area contributed by atoms with Gasteiger partial charge in [0.05, 0.1) is 19.6 Å². The van der Waals surface area contributed by atoms with E-state index in [2.05, 4.69) is 37.3 Å². The van der Waals surface area contributed by atoms with Crippen LogP contribution in [0.4, 0.5) is 0 Å². The van der Waals surface area contributed by atoms with E-state index in [9.17, 15) is 0 Å². The number of rotatable bonds is 9. The second kappa shape index (κ2) is 8.46. The highest BCUT2D eigenvalue weighted by Gasteiger charge is 2.31. The maximum absolute atomic E-state index is 2.31. The highest BCUT2D eigenvalue weighted by atomic mass is 15.4. The SMILES string of the molecule is CCCCCCCC[N+]1(Cc2ccccc2)CCCC1. The Morgan fingerprint density at radius 2 is 1.50 bits per heavy atom. The summed E-state index contributed by atoms with van der Waals surface area (Å²) in [5.41, 5.74) is 1.53. The molecule has 0 N–H and O–H groups in total. The number of nitrogens with zero attached hydrogens (tertiary/aromatic N) is 1. The molecule has 20 heavy (non-hydrogen) atoms. The predicted molar refractivity (Wildman–Crippen MR) is 87.6 cm³/mol. The normalized spacial score (nSPS) is 17.4. The minimum Gasteiger partial charge on any atom is -0.320 e. The molecule has 0 unspecified atom stereocenters. The number of benzene rings is 1. The van der Waals surface area contributed by atoms with Crippen molar-refractivity contribution >= 4 is 0 Å². The van der Waals surface area contributed by atoms with Crippen LogP contribution in [0.15, 0.2) is 30.3 Å². The summed E-state index contributed by atoms with van der Waals surface area (Å²) < 4.78 is 1.36. The molecule has 1 heteroatoms. The van der Waals surface area contributed by atoms with Crippen LogP contribution in [0.2, 0.25) is 0 Å². The molecule has 1 aromatic rings. The third-order valence-corrected chi connectivity index (χ3v) is 4.86. The van der Waals surface area contributed by atoms with Gasteiger partial charge in [0.1, 0.15) is 6.54 Å². The van der Waals surface area contributed by atoms with Gasteiger partial charge >= 0.3 is 0 Å². The van der Waals surface area contributed by atoms with Crippen molar-refractivity contribution in [2.75, 3.05) is 19.6 Å². The molecule has 1 aliphatic rings. The summed E-state index contributed by atoms with van der Waals surface area (Å²) in [4.78, 5) is 0. The molecule has 1 nitrogen and oxygen atoms in total. The largest absolute Gasteiger partial charge is 0.320 e. The molecule has 0 aliphatic carbocycles. The Morgan fingerprint density at radius 3 is 2.20 bits per heavy atom. The zero-order chi connectivity index (χ0) is 14.1. The Hall–Kier alpha value is -0.820. The van der Waals surface area contributed by atoms with Crippen molar-refractivity contribution < 1.29 is 4.48 Å². The smallest absolute Gasteiger partial charge is 0.104 e. The van der Waals surface area contributed by atoms with Gasteiger partial charge in [0.2, 0.25) is 0 Å². The molecule has 0 aromatic heterocycles. The summed E-state index contributed by atoms with van der Waals surface area (Å²) >= 11 is 0. The van der Waals surface area contributed by atoms with E-state index >= 15 is 0 Å². The molecule has 0 saturated carbocycles. The molecule has 0 atom stereocenters. The van der Waals surface area contributed by atoms with Crippen LogP contribution in [0, 0.1) is 0 Å². The van der Waals surface area contributed by atoms with Crippen LogP contribution in [0.25, 0.3) is 0 Å². The molecule has 1 aromatic carbocycles. The first-order valence-electron chi connectivity index (χ1n) is 8.74. The minimum atomic E-state index is 1.26. The van der Waals surface area contributed by atoms with Gasteiger partial charge in [0.15, 0.2) is 0 Å². The topological polar surface area (TPSA) is 0 Å². The third-order valence-electron chi connectivity index (χ3n) is 4.86. The average Bonchev–Trinajstić information content (AvgIpc) is 2.92. The van der Waals surface area contributed by atoms with Crippen molar-refractivity contribution in [1.29, 1.82) is 0 Å². The average molecular weight is 274 g/mol. The van der Waals surface area contributed by atoms with Gasteiger partial charge in [-0.15, -0.1) is 0 Å². The van der Waals surface area contributed by atoms with Crippen LogP contribution in [-0.4, -0.2) is 24.1 Å². The monoisotopic (exact) mass is 274 g/mol. The molecule has 1 fully saturated rings. The Balaban J connectivity index is 1.77. The Bertz CT molecular complexity index is 351. The first kappa shape index (κ1) is 15.6. The Kier molecular flexibility index (Phi) is 6.59. The van der Waals surface area contributed by atoms with Crippen LogP contribution in [0.5, 0.6) is 0 Å². The van der Waals surface area contributed by atoms with Crippen molar-refractivity contribution in [3.63, 3.8) is 0 Å². The van der Waals surface area contributed by atoms with Crippen molar-refractivity contribution in [1.82, 2.24) is 0 Å². The van der Waals surface area contributed by atoms with E-state index in [0.717, 1.165) is 0 Å². The van der Waals surface area contributed by atoms with E-state index in [1.54, 1.807) is 0 Å². The summed E-state index contributed by atoms with van der Waals surface area (Å²) in [5, 5.41) is 0. The van der Waals surface area contributed by atoms with Crippen LogP contribution in [0.1, 0.15) is 63.9 Å². The molecule has 0 amide bonds. The maximum atomic E-state index is 2.31. The summed E-state index contributed by atoms with van der Waals surface area (Å²) in [7, 11) is 0. The van der Waals surface area contributed by atoms with Crippen molar-refractivity contribution in [2.45, 2.75) is 64.8 Å². The fourth-order valence-electron chi connectivity index (χ4n) is 3.67. The van der Waals surface area contributed by atoms with Gasteiger partial charge in [-0.05, 0) is 12.8 Å². The van der Waals surface area contributed by atoms with Crippen molar-refractivity contribution in [2.24, 2.45) is 0 Å². The fourth-order valence-corrected chi connectivity index (χ4v) is 3.67. The highest BCUT2D eigenvalue weighted by molar-refractivity contribution is 5.13. The Morgan fingerprint density at radius 1 is 0.850 bits per heavy atom. The first-order chi connectivity index (χ1) is 9.85. The number of unbranched alkanes of at least 4 members (excludes halogenated alkanes) is 5. The molecule has 1 heterocycles. The molecular formula is C19H32N+. The molecule has 0 bridgehead atoms. The van der Waals surface area contributed by atoms with Crippen LogP contribution in [0.3, 0.4) is 0 Å². The summed E-state index contributed by atoms with van der Waals surface area (Å²) in [6.45, 7) is 7.77. The van der Waals surface area contributed by atoms with Crippen molar-refractivity contribution in [3.8, 4) is 0 Å². The lowest BCUT2D eigenvalue weighted by molar-refractivity contribution is -0.930. The van der Waals surface area contributed by atoms with Gasteiger partial charge in [-0.1, -0.05) is 62.9 Å². The molecule has 0 radical (unpaired) electrons. The van der Waals surface area contributed by atoms with Gasteiger partial charge in [0, 0.05) is 18.4 Å². The summed E-state index contributed by atoms with van der Waals surface area (Å²) in [6.07, 6.45) is 11.4. The predicted octanol–water partition coefficient (Wildman–Crippen LogP) is 5.16. The first-order valence-corrected chi connectivity index (χ1v) is 8.74. The van der Waals surface area contributed by atoms with Gasteiger partial charge in [0.25, 0.3) is 0 Å². The molecule has 1 saturated heterocycles. The number of quaternary nitrogens is 1. The van der Waals surface area contributed by atoms with E-state index < -0.39 is 0 Å². The second-order valence-corrected chi connectivity index (χ2v) is 6.63. The zero-order valence-corrected chi connectivity index (χ0v) is 13.3. The van der Waals surface area contributed by atoms with E-state index in [1.807, 2.05) is 0 Å². The van der Waals surface area contributed by atoms with Crippen LogP contribution >= 0.6 is 0 Å². The van der Waals surface area contributed by atoms with Crippen molar-refractivity contribution in [3.05, 3.63) is 35.9 Å². The quantitative estimate of drug-likeness (QED) is 0.431. The standard InChI is InChI=1S/C19H32N/c1-2-3-4-5-6-10-15-20(16-11-12-17-20)18-19-13-8-7-9-14-19/h7-9,13-14H,2-6,10-12,15-18H2,1H3/q+1. The van der Waals surface area contributed by atoms with Gasteiger partial charge in [-0.25, -0.2) is 0 Å². The fraction of sp³-hybridized carbons (Fsp3) is 0.684. The van der Waals surface area contributed by atoms with E-state index in [0.29, 0.717) is 0 Å². The summed E-state index contributed by atoms with van der Waals surface area (Å²) in [6, 6.07) is 11.1. The van der Waals surface area contributed by atoms with E-state index in [1.165, 1.54) is 87.6 Å². The molecule has 112 valence electrons. The van der Waals surface area contributed by atoms with Crippen LogP contribution in [-0.2, 0) is 6.54 Å². The van der Waals surface area contributed by atoms with Gasteiger partial charge in [-0.3, -0.25) is 0 Å². The lowest BCUT2D eigenvalue weighted by Gasteiger charge is -2.34. The van der Waals surface area contributed by atoms with E-state index in [4.69, 9.17) is 0 Å². The van der Waals surface area contributed by atoms with Crippen LogP contribution < -0.4 is 0 Å². The molecule has 2 rings (SSSR count). The lowest BCUT2D eigenvalue weighted by atomic mass is 10.1. The lowest BCUT2D eigenvalue weighted by Crippen LogP contribution is -2.45. The molecular weight excluding hydrogens is 242 g/mol. The third kappa shape index (κ3) is 4.94. The number of hydrogen-bond acceptors (Lipinski definition) is 0. The molecule has 1 aliphatic heterocycles. The maximum Gasteiger partial charge on any atom is 0.104 e. The number of likely N-dealkylation sites (tertiary alicyclic amines) is 1. The highest BCUT2D eigenvalue weighted by Crippen LogP contribution is 2.24. The minimum absolute atomic E-state index is 1.26.